The van der Waals surface area contributed by atoms with Gasteiger partial charge in [0, 0.05) is 45.1 Å². The Morgan fingerprint density at radius 1 is 0.591 bits per heavy atom. The van der Waals surface area contributed by atoms with E-state index in [-0.39, 0.29) is 43.3 Å². The second-order valence-electron chi connectivity index (χ2n) is 4.07. The zero-order chi connectivity index (χ0) is 15.3. The quantitative estimate of drug-likeness (QED) is 0.470. The van der Waals surface area contributed by atoms with Crippen LogP contribution in [-0.4, -0.2) is 25.8 Å². The minimum Gasteiger partial charge on any atom is -0.211 e. The summed E-state index contributed by atoms with van der Waals surface area (Å²) in [7, 11) is 0. The number of rotatable bonds is 0. The Morgan fingerprint density at radius 2 is 0.864 bits per heavy atom. The molecule has 0 saturated heterocycles. The zero-order valence-electron chi connectivity index (χ0n) is 12.0. The molecule has 0 amide bonds. The Kier molecular flexibility index (Phi) is 12.2. The molecule has 0 aromatic carbocycles. The third-order valence-corrected chi connectivity index (χ3v) is 2.33. The van der Waals surface area contributed by atoms with Crippen LogP contribution in [0.15, 0.2) is 89.4 Å². The number of hydrogen-bond acceptors (Lipinski definition) is 0. The van der Waals surface area contributed by atoms with Crippen LogP contribution in [0, 0.1) is 0 Å². The van der Waals surface area contributed by atoms with Gasteiger partial charge in [-0.1, -0.05) is 0 Å². The van der Waals surface area contributed by atoms with E-state index in [0.29, 0.717) is 19.3 Å². The first-order valence-corrected chi connectivity index (χ1v) is 6.45. The summed E-state index contributed by atoms with van der Waals surface area (Å²) in [5.74, 6) is -0.253. The van der Waals surface area contributed by atoms with E-state index in [4.69, 9.17) is 0 Å². The van der Waals surface area contributed by atoms with E-state index < -0.39 is 0 Å². The van der Waals surface area contributed by atoms with Gasteiger partial charge in [-0.25, -0.2) is 13.2 Å². The van der Waals surface area contributed by atoms with Crippen molar-refractivity contribution >= 4 is 25.8 Å². The van der Waals surface area contributed by atoms with Crippen LogP contribution in [0.4, 0.5) is 13.2 Å². The van der Waals surface area contributed by atoms with Crippen molar-refractivity contribution in [3.05, 3.63) is 89.4 Å². The Labute approximate surface area is 147 Å². The van der Waals surface area contributed by atoms with Crippen molar-refractivity contribution in [3.63, 3.8) is 0 Å². The van der Waals surface area contributed by atoms with E-state index in [9.17, 15) is 13.2 Å². The average Bonchev–Trinajstić information content (AvgIpc) is 2.51. The van der Waals surface area contributed by atoms with Crippen molar-refractivity contribution in [2.24, 2.45) is 0 Å². The molecule has 3 rings (SSSR count). The van der Waals surface area contributed by atoms with Crippen LogP contribution < -0.4 is 0 Å². The van der Waals surface area contributed by atoms with E-state index in [0.717, 1.165) is 0 Å². The molecule has 0 bridgehead atoms. The molecule has 3 aliphatic rings. The topological polar surface area (TPSA) is 0 Å². The fraction of sp³-hybridized carbons (Fsp3) is 0.167. The van der Waals surface area contributed by atoms with Crippen molar-refractivity contribution in [3.8, 4) is 0 Å². The molecule has 3 radical (unpaired) electrons. The molecule has 0 saturated carbocycles. The maximum Gasteiger partial charge on any atom is 0.105 e. The van der Waals surface area contributed by atoms with Crippen LogP contribution in [0.3, 0.4) is 0 Å². The molecule has 111 valence electrons. The molecule has 0 N–H and O–H groups in total. The standard InChI is InChI=1S/3C6H5F.In/c3*7-6-4-2-1-3-5-6;/h3*2-4H,5H2;. The molecule has 0 fully saturated rings. The van der Waals surface area contributed by atoms with Gasteiger partial charge in [0.25, 0.3) is 0 Å². The van der Waals surface area contributed by atoms with Gasteiger partial charge in [-0.3, -0.25) is 0 Å². The summed E-state index contributed by atoms with van der Waals surface area (Å²) in [5, 5.41) is 0. The third-order valence-electron chi connectivity index (χ3n) is 2.33. The molecule has 0 aliphatic heterocycles. The predicted molar refractivity (Wildman–Crippen MR) is 85.1 cm³/mol. The molecule has 0 heterocycles. The van der Waals surface area contributed by atoms with Gasteiger partial charge < -0.3 is 0 Å². The van der Waals surface area contributed by atoms with Crippen molar-refractivity contribution in [2.45, 2.75) is 19.3 Å². The summed E-state index contributed by atoms with van der Waals surface area (Å²) in [6.45, 7) is 0. The molecular formula is C18H15F3In. The van der Waals surface area contributed by atoms with Gasteiger partial charge in [-0.2, -0.15) is 0 Å². The van der Waals surface area contributed by atoms with E-state index in [1.54, 1.807) is 36.5 Å². The minimum atomic E-state index is -0.0845. The largest absolute Gasteiger partial charge is 0.211 e. The van der Waals surface area contributed by atoms with E-state index in [1.807, 2.05) is 0 Å². The van der Waals surface area contributed by atoms with Crippen LogP contribution in [0.5, 0.6) is 0 Å². The van der Waals surface area contributed by atoms with Gasteiger partial charge in [0.2, 0.25) is 0 Å². The van der Waals surface area contributed by atoms with E-state index in [2.05, 4.69) is 17.2 Å². The second-order valence-corrected chi connectivity index (χ2v) is 4.07. The van der Waals surface area contributed by atoms with Crippen LogP contribution >= 0.6 is 0 Å². The monoisotopic (exact) mass is 403 g/mol. The Balaban J connectivity index is 0.000000294. The fourth-order valence-electron chi connectivity index (χ4n) is 1.29. The van der Waals surface area contributed by atoms with Gasteiger partial charge >= 0.3 is 0 Å². The van der Waals surface area contributed by atoms with Gasteiger partial charge in [0.15, 0.2) is 0 Å². The molecule has 22 heavy (non-hydrogen) atoms. The van der Waals surface area contributed by atoms with Crippen LogP contribution in [-0.2, 0) is 0 Å². The molecular weight excluding hydrogens is 388 g/mol. The molecule has 3 aliphatic carbocycles. The van der Waals surface area contributed by atoms with Crippen molar-refractivity contribution in [1.82, 2.24) is 0 Å². The minimum absolute atomic E-state index is 0. The first-order valence-electron chi connectivity index (χ1n) is 6.45. The average molecular weight is 403 g/mol. The summed E-state index contributed by atoms with van der Waals surface area (Å²) >= 11 is 0. The molecule has 0 aromatic heterocycles. The third kappa shape index (κ3) is 11.1. The zero-order valence-corrected chi connectivity index (χ0v) is 15.3. The summed E-state index contributed by atoms with van der Waals surface area (Å²) in [6.07, 6.45) is 15.2. The number of halogens is 3. The van der Waals surface area contributed by atoms with Gasteiger partial charge in [0.1, 0.15) is 17.5 Å². The van der Waals surface area contributed by atoms with Crippen LogP contribution in [0.1, 0.15) is 19.3 Å². The van der Waals surface area contributed by atoms with Gasteiger partial charge in [-0.05, 0) is 54.7 Å². The van der Waals surface area contributed by atoms with Crippen molar-refractivity contribution in [2.75, 3.05) is 0 Å². The summed E-state index contributed by atoms with van der Waals surface area (Å²) in [4.78, 5) is 0. The molecule has 0 atom stereocenters. The van der Waals surface area contributed by atoms with E-state index >= 15 is 0 Å². The first kappa shape index (κ1) is 20.4. The van der Waals surface area contributed by atoms with Gasteiger partial charge in [-0.15, -0.1) is 17.2 Å². The van der Waals surface area contributed by atoms with Crippen LogP contribution in [0.25, 0.3) is 0 Å². The molecule has 0 aromatic rings. The molecule has 0 unspecified atom stereocenters. The first-order chi connectivity index (χ1) is 10.2. The second kappa shape index (κ2) is 13.1. The van der Waals surface area contributed by atoms with Gasteiger partial charge in [0.05, 0.1) is 0 Å². The predicted octanol–water partition coefficient (Wildman–Crippen LogP) is 5.48. The Hall–Kier alpha value is -1.56. The number of allylic oxidation sites excluding steroid dienone is 9. The Morgan fingerprint density at radius 3 is 0.955 bits per heavy atom. The molecule has 0 spiro atoms. The SMILES string of the molecule is FC1=CC=C=CC1.FC1=CC=C=CC1.FC1=CC=C=CC1.[In]. The molecule has 4 heteroatoms. The van der Waals surface area contributed by atoms with E-state index in [1.165, 1.54) is 18.2 Å². The van der Waals surface area contributed by atoms with Crippen LogP contribution in [0.2, 0.25) is 0 Å². The summed E-state index contributed by atoms with van der Waals surface area (Å²) in [6, 6.07) is 0. The summed E-state index contributed by atoms with van der Waals surface area (Å²) < 4.78 is 35.8. The summed E-state index contributed by atoms with van der Waals surface area (Å²) in [5.41, 5.74) is 8.25. The Bertz CT molecular complexity index is 539. The van der Waals surface area contributed by atoms with Crippen molar-refractivity contribution < 1.29 is 13.2 Å². The maximum absolute atomic E-state index is 11.9. The smallest absolute Gasteiger partial charge is 0.105 e. The maximum atomic E-state index is 11.9. The van der Waals surface area contributed by atoms with Crippen molar-refractivity contribution in [1.29, 1.82) is 0 Å². The number of hydrogen-bond donors (Lipinski definition) is 0. The normalized spacial score (nSPS) is 16.2. The fourth-order valence-corrected chi connectivity index (χ4v) is 1.29. The molecule has 0 nitrogen and oxygen atoms in total.